The third kappa shape index (κ3) is 3.94. The summed E-state index contributed by atoms with van der Waals surface area (Å²) in [4.78, 5) is 16.2. The molecule has 1 aromatic heterocycles. The van der Waals surface area contributed by atoms with E-state index in [-0.39, 0.29) is 5.91 Å². The zero-order valence-corrected chi connectivity index (χ0v) is 12.1. The zero-order valence-electron chi connectivity index (χ0n) is 11.3. The molecule has 5 heteroatoms. The van der Waals surface area contributed by atoms with E-state index in [4.69, 9.17) is 5.73 Å². The lowest BCUT2D eigenvalue weighted by molar-refractivity contribution is 0.0928. The number of carbonyl (C=O) groups is 1. The average molecular weight is 279 g/mol. The van der Waals surface area contributed by atoms with E-state index in [0.29, 0.717) is 18.2 Å². The lowest BCUT2D eigenvalue weighted by Crippen LogP contribution is -2.38. The molecule has 1 aromatic rings. The Bertz CT molecular complexity index is 430. The van der Waals surface area contributed by atoms with Gasteiger partial charge in [-0.1, -0.05) is 0 Å². The van der Waals surface area contributed by atoms with Gasteiger partial charge in [-0.2, -0.15) is 11.8 Å². The summed E-state index contributed by atoms with van der Waals surface area (Å²) >= 11 is 1.93. The van der Waals surface area contributed by atoms with Crippen LogP contribution in [0.3, 0.4) is 0 Å². The van der Waals surface area contributed by atoms with Crippen molar-refractivity contribution >= 4 is 17.7 Å². The van der Waals surface area contributed by atoms with Crippen molar-refractivity contribution < 1.29 is 4.79 Å². The van der Waals surface area contributed by atoms with Gasteiger partial charge in [0.05, 0.1) is 5.69 Å². The molecule has 1 aliphatic rings. The largest absolute Gasteiger partial charge is 0.349 e. The van der Waals surface area contributed by atoms with Crippen LogP contribution in [0.5, 0.6) is 0 Å². The molecule has 2 rings (SSSR count). The molecule has 104 valence electrons. The number of nitrogens with two attached hydrogens (primary N) is 1. The van der Waals surface area contributed by atoms with Crippen molar-refractivity contribution in [3.05, 3.63) is 29.6 Å². The van der Waals surface area contributed by atoms with Crippen LogP contribution in [0.1, 0.15) is 41.7 Å². The molecule has 1 aliphatic carbocycles. The number of thioether (sulfide) groups is 1. The number of nitrogens with zero attached hydrogens (tertiary/aromatic N) is 1. The summed E-state index contributed by atoms with van der Waals surface area (Å²) in [5, 5.41) is 3.88. The van der Waals surface area contributed by atoms with Crippen molar-refractivity contribution in [1.29, 1.82) is 0 Å². The number of hydrogen-bond donors (Lipinski definition) is 2. The molecule has 3 N–H and O–H groups in total. The van der Waals surface area contributed by atoms with Crippen LogP contribution in [0.15, 0.2) is 18.3 Å². The summed E-state index contributed by atoms with van der Waals surface area (Å²) in [7, 11) is 0. The minimum Gasteiger partial charge on any atom is -0.349 e. The Morgan fingerprint density at radius 2 is 2.21 bits per heavy atom. The minimum absolute atomic E-state index is 0.00954. The number of amides is 1. The highest BCUT2D eigenvalue weighted by Gasteiger charge is 2.22. The van der Waals surface area contributed by atoms with E-state index in [1.165, 1.54) is 12.8 Å². The zero-order chi connectivity index (χ0) is 13.7. The van der Waals surface area contributed by atoms with E-state index >= 15 is 0 Å². The molecule has 0 aliphatic heterocycles. The molecular weight excluding hydrogens is 258 g/mol. The van der Waals surface area contributed by atoms with Crippen molar-refractivity contribution in [2.24, 2.45) is 5.73 Å². The Hall–Kier alpha value is -1.07. The number of nitrogens with one attached hydrogen (secondary N) is 1. The standard InChI is InChI=1S/C14H21N3OS/c1-19-13-4-2-11(3-5-13)17-14(18)10-6-7-16-12(8-10)9-15/h6-8,11,13H,2-5,9,15H2,1H3,(H,17,18). The molecule has 0 radical (unpaired) electrons. The number of pyridine rings is 1. The molecule has 4 nitrogen and oxygen atoms in total. The van der Waals surface area contributed by atoms with E-state index in [1.807, 2.05) is 11.8 Å². The van der Waals surface area contributed by atoms with E-state index in [1.54, 1.807) is 18.3 Å². The molecule has 0 spiro atoms. The lowest BCUT2D eigenvalue weighted by atomic mass is 9.94. The first-order valence-corrected chi connectivity index (χ1v) is 8.00. The van der Waals surface area contributed by atoms with Crippen molar-refractivity contribution in [3.63, 3.8) is 0 Å². The molecule has 0 saturated heterocycles. The smallest absolute Gasteiger partial charge is 0.251 e. The summed E-state index contributed by atoms with van der Waals surface area (Å²) in [6.45, 7) is 0.361. The van der Waals surface area contributed by atoms with E-state index in [2.05, 4.69) is 16.6 Å². The first kappa shape index (κ1) is 14.3. The predicted molar refractivity (Wildman–Crippen MR) is 79.2 cm³/mol. The van der Waals surface area contributed by atoms with Crippen LogP contribution in [0.2, 0.25) is 0 Å². The number of aromatic nitrogens is 1. The van der Waals surface area contributed by atoms with Gasteiger partial charge in [0.1, 0.15) is 0 Å². The highest BCUT2D eigenvalue weighted by atomic mass is 32.2. The fraction of sp³-hybridized carbons (Fsp3) is 0.571. The summed E-state index contributed by atoms with van der Waals surface area (Å²) < 4.78 is 0. The van der Waals surface area contributed by atoms with Gasteiger partial charge in [0, 0.05) is 29.6 Å². The van der Waals surface area contributed by atoms with Gasteiger partial charge < -0.3 is 11.1 Å². The van der Waals surface area contributed by atoms with Crippen LogP contribution < -0.4 is 11.1 Å². The van der Waals surface area contributed by atoms with Crippen molar-refractivity contribution in [2.45, 2.75) is 43.5 Å². The maximum absolute atomic E-state index is 12.1. The van der Waals surface area contributed by atoms with Crippen LogP contribution in [0.4, 0.5) is 0 Å². The second-order valence-electron chi connectivity index (χ2n) is 4.92. The van der Waals surface area contributed by atoms with E-state index < -0.39 is 0 Å². The van der Waals surface area contributed by atoms with Crippen molar-refractivity contribution in [2.75, 3.05) is 6.26 Å². The maximum Gasteiger partial charge on any atom is 0.251 e. The second-order valence-corrected chi connectivity index (χ2v) is 6.06. The fourth-order valence-electron chi connectivity index (χ4n) is 2.44. The Labute approximate surface area is 118 Å². The second kappa shape index (κ2) is 6.91. The fourth-order valence-corrected chi connectivity index (χ4v) is 3.19. The summed E-state index contributed by atoms with van der Waals surface area (Å²) in [5.74, 6) is -0.00954. The van der Waals surface area contributed by atoms with Gasteiger partial charge in [0.2, 0.25) is 0 Å². The van der Waals surface area contributed by atoms with Crippen molar-refractivity contribution in [1.82, 2.24) is 10.3 Å². The summed E-state index contributed by atoms with van der Waals surface area (Å²) in [6, 6.07) is 3.82. The minimum atomic E-state index is -0.00954. The molecule has 1 heterocycles. The quantitative estimate of drug-likeness (QED) is 0.884. The Kier molecular flexibility index (Phi) is 5.22. The van der Waals surface area contributed by atoms with Gasteiger partial charge >= 0.3 is 0 Å². The third-order valence-corrected chi connectivity index (χ3v) is 4.77. The molecule has 0 unspecified atom stereocenters. The van der Waals surface area contributed by atoms with Gasteiger partial charge in [-0.3, -0.25) is 9.78 Å². The van der Waals surface area contributed by atoms with E-state index in [0.717, 1.165) is 23.8 Å². The van der Waals surface area contributed by atoms with Crippen LogP contribution in [0.25, 0.3) is 0 Å². The Morgan fingerprint density at radius 1 is 1.47 bits per heavy atom. The molecule has 0 bridgehead atoms. The predicted octanol–water partition coefficient (Wildman–Crippen LogP) is 1.94. The van der Waals surface area contributed by atoms with Crippen molar-refractivity contribution in [3.8, 4) is 0 Å². The number of carbonyl (C=O) groups excluding carboxylic acids is 1. The maximum atomic E-state index is 12.1. The summed E-state index contributed by atoms with van der Waals surface area (Å²) in [5.41, 5.74) is 6.94. The Morgan fingerprint density at radius 3 is 2.84 bits per heavy atom. The van der Waals surface area contributed by atoms with Crippen LogP contribution in [-0.4, -0.2) is 28.4 Å². The highest BCUT2D eigenvalue weighted by molar-refractivity contribution is 7.99. The van der Waals surface area contributed by atoms with Crippen LogP contribution in [0, 0.1) is 0 Å². The highest BCUT2D eigenvalue weighted by Crippen LogP contribution is 2.26. The molecule has 19 heavy (non-hydrogen) atoms. The normalized spacial score (nSPS) is 23.1. The monoisotopic (exact) mass is 279 g/mol. The molecule has 0 atom stereocenters. The van der Waals surface area contributed by atoms with E-state index in [9.17, 15) is 4.79 Å². The van der Waals surface area contributed by atoms with Gasteiger partial charge in [0.15, 0.2) is 0 Å². The van der Waals surface area contributed by atoms with Crippen LogP contribution in [-0.2, 0) is 6.54 Å². The van der Waals surface area contributed by atoms with Crippen LogP contribution >= 0.6 is 11.8 Å². The number of hydrogen-bond acceptors (Lipinski definition) is 4. The summed E-state index contributed by atoms with van der Waals surface area (Å²) in [6.07, 6.45) is 8.34. The van der Waals surface area contributed by atoms with Gasteiger partial charge in [-0.25, -0.2) is 0 Å². The lowest BCUT2D eigenvalue weighted by Gasteiger charge is -2.28. The van der Waals surface area contributed by atoms with Gasteiger partial charge in [0.25, 0.3) is 5.91 Å². The molecule has 0 aromatic carbocycles. The average Bonchev–Trinajstić information content (AvgIpc) is 2.48. The first-order valence-electron chi connectivity index (χ1n) is 6.71. The molecule has 1 fully saturated rings. The Balaban J connectivity index is 1.90. The van der Waals surface area contributed by atoms with Gasteiger partial charge in [-0.05, 0) is 44.1 Å². The first-order chi connectivity index (χ1) is 9.22. The SMILES string of the molecule is CSC1CCC(NC(=O)c2ccnc(CN)c2)CC1. The van der Waals surface area contributed by atoms with Gasteiger partial charge in [-0.15, -0.1) is 0 Å². The topological polar surface area (TPSA) is 68.0 Å². The number of rotatable bonds is 4. The third-order valence-electron chi connectivity index (χ3n) is 3.63. The molecular formula is C14H21N3OS. The molecule has 1 amide bonds. The molecule has 1 saturated carbocycles.